The van der Waals surface area contributed by atoms with E-state index in [-0.39, 0.29) is 12.2 Å². The van der Waals surface area contributed by atoms with E-state index < -0.39 is 5.97 Å². The van der Waals surface area contributed by atoms with Crippen LogP contribution in [0.3, 0.4) is 0 Å². The van der Waals surface area contributed by atoms with Crippen molar-refractivity contribution in [1.82, 2.24) is 0 Å². The number of allylic oxidation sites excluding steroid dienone is 1. The molecule has 0 radical (unpaired) electrons. The van der Waals surface area contributed by atoms with Crippen LogP contribution >= 0.6 is 0 Å². The summed E-state index contributed by atoms with van der Waals surface area (Å²) in [6.07, 6.45) is 19.2. The normalized spacial score (nSPS) is 19.1. The van der Waals surface area contributed by atoms with Gasteiger partial charge >= 0.3 is 5.97 Å². The molecule has 1 N–H and O–H groups in total. The first-order valence-electron chi connectivity index (χ1n) is 10.4. The number of carboxylic acid groups (broad SMARTS) is 1. The maximum absolute atomic E-state index is 11.0. The van der Waals surface area contributed by atoms with Crippen LogP contribution < -0.4 is 0 Å². The fraction of sp³-hybridized carbons (Fsp3) is 0.609. The molecule has 0 spiro atoms. The van der Waals surface area contributed by atoms with E-state index in [1.54, 1.807) is 18.2 Å². The Morgan fingerprint density at radius 2 is 1.69 bits per heavy atom. The molecule has 3 nitrogen and oxygen atoms in total. The van der Waals surface area contributed by atoms with Crippen molar-refractivity contribution in [3.05, 3.63) is 47.5 Å². The van der Waals surface area contributed by atoms with Crippen molar-refractivity contribution < 1.29 is 14.6 Å². The number of epoxide rings is 1. The molecule has 1 aliphatic rings. The quantitative estimate of drug-likeness (QED) is 0.229. The van der Waals surface area contributed by atoms with Gasteiger partial charge in [-0.15, -0.1) is 0 Å². The molecule has 0 bridgehead atoms. The molecule has 144 valence electrons. The van der Waals surface area contributed by atoms with E-state index in [1.807, 2.05) is 6.07 Å². The van der Waals surface area contributed by atoms with Gasteiger partial charge in [-0.25, -0.2) is 4.79 Å². The number of benzene rings is 1. The number of carbonyl (C=O) groups is 1. The van der Waals surface area contributed by atoms with Gasteiger partial charge < -0.3 is 9.84 Å². The second-order valence-electron chi connectivity index (χ2n) is 7.35. The molecule has 26 heavy (non-hydrogen) atoms. The fourth-order valence-corrected chi connectivity index (χ4v) is 3.37. The van der Waals surface area contributed by atoms with Crippen LogP contribution in [0.2, 0.25) is 0 Å². The number of carboxylic acids is 1. The molecule has 1 aromatic rings. The van der Waals surface area contributed by atoms with Crippen molar-refractivity contribution in [3.63, 3.8) is 0 Å². The van der Waals surface area contributed by atoms with Gasteiger partial charge in [-0.2, -0.15) is 0 Å². The zero-order valence-electron chi connectivity index (χ0n) is 16.2. The van der Waals surface area contributed by atoms with Crippen molar-refractivity contribution >= 4 is 5.97 Å². The van der Waals surface area contributed by atoms with Crippen molar-refractivity contribution in [1.29, 1.82) is 0 Å². The average molecular weight is 359 g/mol. The summed E-state index contributed by atoms with van der Waals surface area (Å²) in [7, 11) is 0. The van der Waals surface area contributed by atoms with Gasteiger partial charge in [0.25, 0.3) is 0 Å². The van der Waals surface area contributed by atoms with Crippen molar-refractivity contribution in [2.24, 2.45) is 0 Å². The molecule has 2 atom stereocenters. The van der Waals surface area contributed by atoms with E-state index in [2.05, 4.69) is 19.1 Å². The van der Waals surface area contributed by atoms with E-state index in [0.29, 0.717) is 5.56 Å². The molecule has 1 saturated heterocycles. The van der Waals surface area contributed by atoms with Crippen molar-refractivity contribution in [2.45, 2.75) is 89.8 Å². The molecule has 0 saturated carbocycles. The van der Waals surface area contributed by atoms with Crippen molar-refractivity contribution in [2.75, 3.05) is 0 Å². The van der Waals surface area contributed by atoms with Crippen LogP contribution in [0.15, 0.2) is 36.4 Å². The fourth-order valence-electron chi connectivity index (χ4n) is 3.37. The van der Waals surface area contributed by atoms with Gasteiger partial charge in [0, 0.05) is 0 Å². The molecular weight excluding hydrogens is 324 g/mol. The Labute approximate surface area is 158 Å². The maximum atomic E-state index is 11.0. The third-order valence-corrected chi connectivity index (χ3v) is 5.04. The third-order valence-electron chi connectivity index (χ3n) is 5.04. The summed E-state index contributed by atoms with van der Waals surface area (Å²) in [5.74, 6) is -0.888. The molecule has 0 aliphatic carbocycles. The molecule has 1 heterocycles. The van der Waals surface area contributed by atoms with Gasteiger partial charge in [0.05, 0.1) is 5.56 Å². The molecule has 1 fully saturated rings. The van der Waals surface area contributed by atoms with Crippen LogP contribution in [0.25, 0.3) is 0 Å². The van der Waals surface area contributed by atoms with Crippen LogP contribution in [0.4, 0.5) is 0 Å². The van der Waals surface area contributed by atoms with E-state index in [1.165, 1.54) is 64.2 Å². The van der Waals surface area contributed by atoms with Gasteiger partial charge in [-0.05, 0) is 30.5 Å². The molecule has 3 heteroatoms. The summed E-state index contributed by atoms with van der Waals surface area (Å²) in [5, 5.41) is 9.05. The predicted molar refractivity (Wildman–Crippen MR) is 107 cm³/mol. The van der Waals surface area contributed by atoms with Crippen LogP contribution in [0.5, 0.6) is 0 Å². The van der Waals surface area contributed by atoms with Crippen molar-refractivity contribution in [3.8, 4) is 0 Å². The summed E-state index contributed by atoms with van der Waals surface area (Å²) in [6.45, 7) is 2.26. The van der Waals surface area contributed by atoms with Gasteiger partial charge in [0.1, 0.15) is 12.2 Å². The standard InChI is InChI=1S/C23H34O3/c1-2-3-4-5-6-7-8-9-10-11-12-13-17-21-22(26-21)19-15-14-16-20(18-19)23(24)25/h13-18,21-22H,2-12H2,1H3,(H,24,25). The van der Waals surface area contributed by atoms with Gasteiger partial charge in [0.15, 0.2) is 0 Å². The SMILES string of the molecule is CCCCCCCCCCCCC=CC1OC1c1cccc(C(=O)O)c1. The number of aromatic carboxylic acids is 1. The molecule has 2 rings (SSSR count). The highest BCUT2D eigenvalue weighted by Crippen LogP contribution is 2.39. The molecule has 0 amide bonds. The first kappa shape index (κ1) is 20.7. The Kier molecular flexibility index (Phi) is 9.47. The molecule has 0 aromatic heterocycles. The minimum Gasteiger partial charge on any atom is -0.478 e. The molecular formula is C23H34O3. The second-order valence-corrected chi connectivity index (χ2v) is 7.35. The lowest BCUT2D eigenvalue weighted by molar-refractivity contribution is 0.0696. The summed E-state index contributed by atoms with van der Waals surface area (Å²) >= 11 is 0. The largest absolute Gasteiger partial charge is 0.478 e. The molecule has 1 aromatic carbocycles. The Hall–Kier alpha value is -1.61. The summed E-state index contributed by atoms with van der Waals surface area (Å²) < 4.78 is 5.66. The topological polar surface area (TPSA) is 49.8 Å². The van der Waals surface area contributed by atoms with Gasteiger partial charge in [0.2, 0.25) is 0 Å². The lowest BCUT2D eigenvalue weighted by Crippen LogP contribution is -1.97. The Morgan fingerprint density at radius 3 is 2.35 bits per heavy atom. The monoisotopic (exact) mass is 358 g/mol. The van der Waals surface area contributed by atoms with Crippen LogP contribution in [0.1, 0.15) is 99.6 Å². The van der Waals surface area contributed by atoms with E-state index >= 15 is 0 Å². The highest BCUT2D eigenvalue weighted by Gasteiger charge is 2.37. The minimum atomic E-state index is -0.888. The Morgan fingerprint density at radius 1 is 1.04 bits per heavy atom. The Bertz CT molecular complexity index is 564. The van der Waals surface area contributed by atoms with E-state index in [9.17, 15) is 4.79 Å². The van der Waals surface area contributed by atoms with Crippen LogP contribution in [-0.4, -0.2) is 17.2 Å². The van der Waals surface area contributed by atoms with Crippen LogP contribution in [-0.2, 0) is 4.74 Å². The summed E-state index contributed by atoms with van der Waals surface area (Å²) in [4.78, 5) is 11.0. The third kappa shape index (κ3) is 7.74. The van der Waals surface area contributed by atoms with Gasteiger partial charge in [-0.3, -0.25) is 0 Å². The number of unbranched alkanes of at least 4 members (excludes halogenated alkanes) is 10. The van der Waals surface area contributed by atoms with Gasteiger partial charge in [-0.1, -0.05) is 89.0 Å². The summed E-state index contributed by atoms with van der Waals surface area (Å²) in [5.41, 5.74) is 1.28. The lowest BCUT2D eigenvalue weighted by Gasteiger charge is -2.01. The highest BCUT2D eigenvalue weighted by atomic mass is 16.6. The Balaban J connectivity index is 1.49. The number of ether oxygens (including phenoxy) is 1. The zero-order chi connectivity index (χ0) is 18.6. The minimum absolute atomic E-state index is 0.0262. The second kappa shape index (κ2) is 11.9. The molecule has 2 unspecified atom stereocenters. The maximum Gasteiger partial charge on any atom is 0.335 e. The first-order chi connectivity index (χ1) is 12.7. The number of rotatable bonds is 14. The van der Waals surface area contributed by atoms with E-state index in [4.69, 9.17) is 9.84 Å². The lowest BCUT2D eigenvalue weighted by atomic mass is 10.0. The predicted octanol–water partition coefficient (Wildman–Crippen LogP) is 6.69. The number of hydrogen-bond donors (Lipinski definition) is 1. The average Bonchev–Trinajstić information content (AvgIpc) is 3.42. The molecule has 1 aliphatic heterocycles. The first-order valence-corrected chi connectivity index (χ1v) is 10.4. The highest BCUT2D eigenvalue weighted by molar-refractivity contribution is 5.87. The number of hydrogen-bond acceptors (Lipinski definition) is 2. The summed E-state index contributed by atoms with van der Waals surface area (Å²) in [6, 6.07) is 7.05. The van der Waals surface area contributed by atoms with Crippen LogP contribution in [0, 0.1) is 0 Å². The smallest absolute Gasteiger partial charge is 0.335 e. The zero-order valence-corrected chi connectivity index (χ0v) is 16.2. The van der Waals surface area contributed by atoms with E-state index in [0.717, 1.165) is 12.0 Å².